The van der Waals surface area contributed by atoms with Crippen LogP contribution in [-0.4, -0.2) is 18.8 Å². The van der Waals surface area contributed by atoms with Gasteiger partial charge >= 0.3 is 0 Å². The van der Waals surface area contributed by atoms with Crippen LogP contribution in [0.25, 0.3) is 0 Å². The van der Waals surface area contributed by atoms with Crippen molar-refractivity contribution < 1.29 is 0 Å². The predicted octanol–water partition coefficient (Wildman–Crippen LogP) is 3.56. The SMILES string of the molecule is c1ccc(SCCNCC2CCCC2)cc1. The van der Waals surface area contributed by atoms with Gasteiger partial charge in [-0.05, 0) is 37.4 Å². The Morgan fingerprint density at radius 2 is 1.88 bits per heavy atom. The third kappa shape index (κ3) is 4.18. The van der Waals surface area contributed by atoms with Crippen molar-refractivity contribution in [1.29, 1.82) is 0 Å². The van der Waals surface area contributed by atoms with Crippen LogP contribution in [0.4, 0.5) is 0 Å². The highest BCUT2D eigenvalue weighted by Crippen LogP contribution is 2.23. The van der Waals surface area contributed by atoms with E-state index in [1.165, 1.54) is 42.9 Å². The van der Waals surface area contributed by atoms with E-state index in [2.05, 4.69) is 35.6 Å². The Morgan fingerprint density at radius 3 is 2.62 bits per heavy atom. The smallest absolute Gasteiger partial charge is 0.0106 e. The van der Waals surface area contributed by atoms with Crippen LogP contribution in [0.3, 0.4) is 0 Å². The second-order valence-corrected chi connectivity index (χ2v) is 5.68. The summed E-state index contributed by atoms with van der Waals surface area (Å²) < 4.78 is 0. The van der Waals surface area contributed by atoms with Crippen molar-refractivity contribution in [2.24, 2.45) is 5.92 Å². The number of thioether (sulfide) groups is 1. The fourth-order valence-corrected chi connectivity index (χ4v) is 3.11. The van der Waals surface area contributed by atoms with E-state index in [4.69, 9.17) is 0 Å². The monoisotopic (exact) mass is 235 g/mol. The third-order valence-corrected chi connectivity index (χ3v) is 4.21. The predicted molar refractivity (Wildman–Crippen MR) is 72.0 cm³/mol. The average Bonchev–Trinajstić information content (AvgIpc) is 2.83. The molecule has 16 heavy (non-hydrogen) atoms. The number of hydrogen-bond donors (Lipinski definition) is 1. The molecule has 2 heteroatoms. The minimum Gasteiger partial charge on any atom is -0.316 e. The zero-order valence-electron chi connectivity index (χ0n) is 9.82. The maximum Gasteiger partial charge on any atom is 0.0106 e. The summed E-state index contributed by atoms with van der Waals surface area (Å²) in [5, 5.41) is 3.58. The zero-order chi connectivity index (χ0) is 11.1. The van der Waals surface area contributed by atoms with Crippen LogP contribution in [-0.2, 0) is 0 Å². The van der Waals surface area contributed by atoms with Gasteiger partial charge in [0.25, 0.3) is 0 Å². The molecule has 1 fully saturated rings. The quantitative estimate of drug-likeness (QED) is 0.598. The molecule has 88 valence electrons. The summed E-state index contributed by atoms with van der Waals surface area (Å²) in [6, 6.07) is 10.6. The molecule has 1 aromatic carbocycles. The Bertz CT molecular complexity index is 280. The minimum atomic E-state index is 0.960. The van der Waals surface area contributed by atoms with E-state index in [1.807, 2.05) is 11.8 Å². The lowest BCUT2D eigenvalue weighted by Gasteiger charge is -2.10. The summed E-state index contributed by atoms with van der Waals surface area (Å²) in [4.78, 5) is 1.38. The highest BCUT2D eigenvalue weighted by atomic mass is 32.2. The molecule has 0 spiro atoms. The van der Waals surface area contributed by atoms with Crippen molar-refractivity contribution in [3.8, 4) is 0 Å². The Balaban J connectivity index is 1.52. The Hall–Kier alpha value is -0.470. The number of nitrogens with one attached hydrogen (secondary N) is 1. The van der Waals surface area contributed by atoms with Crippen molar-refractivity contribution >= 4 is 11.8 Å². The number of hydrogen-bond acceptors (Lipinski definition) is 2. The van der Waals surface area contributed by atoms with Crippen molar-refractivity contribution in [1.82, 2.24) is 5.32 Å². The van der Waals surface area contributed by atoms with Gasteiger partial charge in [0.1, 0.15) is 0 Å². The molecule has 1 saturated carbocycles. The molecule has 2 rings (SSSR count). The third-order valence-electron chi connectivity index (χ3n) is 3.20. The van der Waals surface area contributed by atoms with Gasteiger partial charge in [0.05, 0.1) is 0 Å². The average molecular weight is 235 g/mol. The molecule has 0 bridgehead atoms. The van der Waals surface area contributed by atoms with E-state index < -0.39 is 0 Å². The minimum absolute atomic E-state index is 0.960. The van der Waals surface area contributed by atoms with E-state index >= 15 is 0 Å². The lowest BCUT2D eigenvalue weighted by Crippen LogP contribution is -2.23. The molecule has 0 aliphatic heterocycles. The molecule has 0 saturated heterocycles. The van der Waals surface area contributed by atoms with E-state index in [-0.39, 0.29) is 0 Å². The van der Waals surface area contributed by atoms with Crippen LogP contribution in [0.5, 0.6) is 0 Å². The Morgan fingerprint density at radius 1 is 1.12 bits per heavy atom. The van der Waals surface area contributed by atoms with E-state index in [9.17, 15) is 0 Å². The number of rotatable bonds is 6. The molecular weight excluding hydrogens is 214 g/mol. The van der Waals surface area contributed by atoms with E-state index in [0.29, 0.717) is 0 Å². The van der Waals surface area contributed by atoms with Gasteiger partial charge in [-0.3, -0.25) is 0 Å². The van der Waals surface area contributed by atoms with Gasteiger partial charge in [-0.25, -0.2) is 0 Å². The fraction of sp³-hybridized carbons (Fsp3) is 0.571. The van der Waals surface area contributed by atoms with Gasteiger partial charge in [0.2, 0.25) is 0 Å². The van der Waals surface area contributed by atoms with Crippen LogP contribution >= 0.6 is 11.8 Å². The van der Waals surface area contributed by atoms with Crippen LogP contribution in [0.1, 0.15) is 25.7 Å². The molecule has 1 aromatic rings. The first-order chi connectivity index (χ1) is 7.95. The molecule has 1 nitrogen and oxygen atoms in total. The highest BCUT2D eigenvalue weighted by Gasteiger charge is 2.13. The molecule has 0 heterocycles. The first kappa shape index (κ1) is 12.0. The molecule has 0 atom stereocenters. The Kier molecular flexibility index (Phi) is 5.23. The Labute approximate surface area is 103 Å². The van der Waals surface area contributed by atoms with Gasteiger partial charge in [0, 0.05) is 17.2 Å². The fourth-order valence-electron chi connectivity index (χ4n) is 2.28. The van der Waals surface area contributed by atoms with Crippen molar-refractivity contribution in [2.45, 2.75) is 30.6 Å². The van der Waals surface area contributed by atoms with E-state index in [0.717, 1.165) is 12.5 Å². The second kappa shape index (κ2) is 6.97. The van der Waals surface area contributed by atoms with Gasteiger partial charge in [-0.2, -0.15) is 0 Å². The lowest BCUT2D eigenvalue weighted by molar-refractivity contribution is 0.500. The molecular formula is C14H21NS. The van der Waals surface area contributed by atoms with Gasteiger partial charge in [-0.15, -0.1) is 11.8 Å². The van der Waals surface area contributed by atoms with Gasteiger partial charge in [0.15, 0.2) is 0 Å². The maximum atomic E-state index is 3.58. The van der Waals surface area contributed by atoms with Gasteiger partial charge < -0.3 is 5.32 Å². The van der Waals surface area contributed by atoms with Crippen LogP contribution in [0.2, 0.25) is 0 Å². The second-order valence-electron chi connectivity index (χ2n) is 4.52. The summed E-state index contributed by atoms with van der Waals surface area (Å²) in [5.41, 5.74) is 0. The first-order valence-electron chi connectivity index (χ1n) is 6.34. The van der Waals surface area contributed by atoms with Gasteiger partial charge in [-0.1, -0.05) is 31.0 Å². The molecule has 0 amide bonds. The standard InChI is InChI=1S/C14H21NS/c1-2-8-14(9-3-1)16-11-10-15-12-13-6-4-5-7-13/h1-3,8-9,13,15H,4-7,10-12H2. The molecule has 0 aromatic heterocycles. The van der Waals surface area contributed by atoms with Crippen LogP contribution in [0.15, 0.2) is 35.2 Å². The maximum absolute atomic E-state index is 3.58. The molecule has 1 aliphatic rings. The summed E-state index contributed by atoms with van der Waals surface area (Å²) >= 11 is 1.94. The van der Waals surface area contributed by atoms with Crippen LogP contribution in [0, 0.1) is 5.92 Å². The summed E-state index contributed by atoms with van der Waals surface area (Å²) in [7, 11) is 0. The van der Waals surface area contributed by atoms with Crippen molar-refractivity contribution in [3.63, 3.8) is 0 Å². The zero-order valence-corrected chi connectivity index (χ0v) is 10.6. The largest absolute Gasteiger partial charge is 0.316 e. The summed E-state index contributed by atoms with van der Waals surface area (Å²) in [5.74, 6) is 2.14. The van der Waals surface area contributed by atoms with E-state index in [1.54, 1.807) is 0 Å². The topological polar surface area (TPSA) is 12.0 Å². The van der Waals surface area contributed by atoms with Crippen molar-refractivity contribution in [2.75, 3.05) is 18.8 Å². The highest BCUT2D eigenvalue weighted by molar-refractivity contribution is 7.99. The molecule has 1 N–H and O–H groups in total. The first-order valence-corrected chi connectivity index (χ1v) is 7.32. The van der Waals surface area contributed by atoms with Crippen molar-refractivity contribution in [3.05, 3.63) is 30.3 Å². The molecule has 1 aliphatic carbocycles. The molecule has 0 radical (unpaired) electrons. The molecule has 0 unspecified atom stereocenters. The summed E-state index contributed by atoms with van der Waals surface area (Å²) in [6.45, 7) is 2.37. The lowest BCUT2D eigenvalue weighted by atomic mass is 10.1. The summed E-state index contributed by atoms with van der Waals surface area (Å²) in [6.07, 6.45) is 5.79. The number of benzene rings is 1. The van der Waals surface area contributed by atoms with Crippen LogP contribution < -0.4 is 5.32 Å². The normalized spacial score (nSPS) is 16.8.